The van der Waals surface area contributed by atoms with E-state index >= 15 is 0 Å². The molecule has 2 fully saturated rings. The molecule has 0 aromatic heterocycles. The van der Waals surface area contributed by atoms with Gasteiger partial charge in [0.2, 0.25) is 0 Å². The average molecular weight is 594 g/mol. The number of hydrogen-bond donors (Lipinski definition) is 1. The van der Waals surface area contributed by atoms with Gasteiger partial charge in [-0.2, -0.15) is 0 Å². The molecule has 5 rings (SSSR count). The number of nitrogens with zero attached hydrogens (tertiary/aromatic N) is 2. The number of amides is 2. The van der Waals surface area contributed by atoms with E-state index in [4.69, 9.17) is 18.9 Å². The number of nitrogens with one attached hydrogen (secondary N) is 1. The fourth-order valence-corrected chi connectivity index (χ4v) is 6.21. The Balaban J connectivity index is 1.25. The predicted molar refractivity (Wildman–Crippen MR) is 165 cm³/mol. The number of carbonyl (C=O) groups excluding carboxylic acids is 2. The SMILES string of the molecule is COCCCOc1cc(C(=O)N(C[C@@H]2CNC[C@H]2CN(C(=O)C2CCc3ccccc3O2)C2CC2)C(C)C)ccc1OC. The van der Waals surface area contributed by atoms with Gasteiger partial charge in [0.05, 0.1) is 13.7 Å². The van der Waals surface area contributed by atoms with E-state index in [9.17, 15) is 9.59 Å². The molecule has 9 nitrogen and oxygen atoms in total. The zero-order valence-electron chi connectivity index (χ0n) is 26.1. The summed E-state index contributed by atoms with van der Waals surface area (Å²) in [6, 6.07) is 13.7. The lowest BCUT2D eigenvalue weighted by molar-refractivity contribution is -0.141. The first kappa shape index (κ1) is 31.1. The van der Waals surface area contributed by atoms with Crippen LogP contribution in [0.3, 0.4) is 0 Å². The molecule has 3 aliphatic rings. The summed E-state index contributed by atoms with van der Waals surface area (Å²) in [5.41, 5.74) is 1.74. The maximum atomic E-state index is 13.9. The van der Waals surface area contributed by atoms with E-state index in [-0.39, 0.29) is 29.7 Å². The van der Waals surface area contributed by atoms with E-state index in [1.54, 1.807) is 32.4 Å². The molecular formula is C34H47N3O6. The van der Waals surface area contributed by atoms with Crippen LogP contribution in [-0.2, 0) is 16.0 Å². The van der Waals surface area contributed by atoms with Crippen molar-refractivity contribution >= 4 is 11.8 Å². The number of fused-ring (bicyclic) bond motifs is 1. The summed E-state index contributed by atoms with van der Waals surface area (Å²) in [4.78, 5) is 31.7. The molecule has 2 aliphatic heterocycles. The number of rotatable bonds is 14. The lowest BCUT2D eigenvalue weighted by Gasteiger charge is -2.35. The smallest absolute Gasteiger partial charge is 0.263 e. The summed E-state index contributed by atoms with van der Waals surface area (Å²) in [5.74, 6) is 2.54. The van der Waals surface area contributed by atoms with Crippen LogP contribution in [0.4, 0.5) is 0 Å². The number of methoxy groups -OCH3 is 2. The number of hydrogen-bond acceptors (Lipinski definition) is 7. The molecule has 1 saturated carbocycles. The van der Waals surface area contributed by atoms with Gasteiger partial charge in [-0.05, 0) is 81.2 Å². The van der Waals surface area contributed by atoms with E-state index in [0.29, 0.717) is 55.8 Å². The van der Waals surface area contributed by atoms with Crippen LogP contribution >= 0.6 is 0 Å². The number of ether oxygens (including phenoxy) is 4. The van der Waals surface area contributed by atoms with Gasteiger partial charge in [-0.25, -0.2) is 0 Å². The third kappa shape index (κ3) is 7.62. The zero-order chi connectivity index (χ0) is 30.3. The van der Waals surface area contributed by atoms with Gasteiger partial charge in [-0.1, -0.05) is 18.2 Å². The molecule has 9 heteroatoms. The van der Waals surface area contributed by atoms with Gasteiger partial charge >= 0.3 is 0 Å². The fourth-order valence-electron chi connectivity index (χ4n) is 6.21. The minimum atomic E-state index is -0.432. The van der Waals surface area contributed by atoms with Crippen molar-refractivity contribution in [2.24, 2.45) is 11.8 Å². The van der Waals surface area contributed by atoms with Crippen LogP contribution in [0.5, 0.6) is 17.2 Å². The lowest BCUT2D eigenvalue weighted by Crippen LogP contribution is -2.48. The summed E-state index contributed by atoms with van der Waals surface area (Å²) in [6.45, 7) is 8.13. The minimum Gasteiger partial charge on any atom is -0.493 e. The van der Waals surface area contributed by atoms with Crippen LogP contribution in [0.2, 0.25) is 0 Å². The van der Waals surface area contributed by atoms with Crippen molar-refractivity contribution in [1.29, 1.82) is 0 Å². The first-order valence-electron chi connectivity index (χ1n) is 15.8. The molecule has 3 atom stereocenters. The number of carbonyl (C=O) groups is 2. The summed E-state index contributed by atoms with van der Waals surface area (Å²) < 4.78 is 22.7. The average Bonchev–Trinajstić information content (AvgIpc) is 3.78. The van der Waals surface area contributed by atoms with E-state index < -0.39 is 6.10 Å². The molecule has 2 heterocycles. The standard InChI is InChI=1S/C34H47N3O6/c1-23(2)36(33(38)25-11-14-30(41-4)32(18-25)42-17-7-16-40-3)21-26-19-35-20-27(26)22-37(28-12-13-28)34(39)31-15-10-24-8-5-6-9-29(24)43-31/h5-6,8-9,11,14,18,23,26-28,31,35H,7,10,12-13,15-17,19-22H2,1-4H3/t26-,27-,31?/m0/s1. The van der Waals surface area contributed by atoms with Gasteiger partial charge in [-0.15, -0.1) is 0 Å². The number of benzene rings is 2. The molecule has 1 aliphatic carbocycles. The van der Waals surface area contributed by atoms with Crippen molar-refractivity contribution < 1.29 is 28.5 Å². The molecule has 2 aromatic rings. The molecular weight excluding hydrogens is 546 g/mol. The fraction of sp³-hybridized carbons (Fsp3) is 0.588. The molecule has 2 aromatic carbocycles. The molecule has 1 N–H and O–H groups in total. The van der Waals surface area contributed by atoms with Crippen molar-refractivity contribution in [2.75, 3.05) is 53.6 Å². The molecule has 2 amide bonds. The van der Waals surface area contributed by atoms with Gasteiger partial charge < -0.3 is 34.1 Å². The van der Waals surface area contributed by atoms with Crippen LogP contribution in [0.15, 0.2) is 42.5 Å². The van der Waals surface area contributed by atoms with Gasteiger partial charge in [0.25, 0.3) is 11.8 Å². The van der Waals surface area contributed by atoms with Crippen LogP contribution < -0.4 is 19.5 Å². The highest BCUT2D eigenvalue weighted by molar-refractivity contribution is 5.95. The lowest BCUT2D eigenvalue weighted by atomic mass is 9.93. The third-order valence-corrected chi connectivity index (χ3v) is 8.85. The summed E-state index contributed by atoms with van der Waals surface area (Å²) >= 11 is 0. The highest BCUT2D eigenvalue weighted by atomic mass is 16.5. The quantitative estimate of drug-likeness (QED) is 0.329. The Bertz CT molecular complexity index is 1250. The normalized spacial score (nSPS) is 21.2. The highest BCUT2D eigenvalue weighted by Gasteiger charge is 2.41. The van der Waals surface area contributed by atoms with Crippen molar-refractivity contribution in [3.05, 3.63) is 53.6 Å². The van der Waals surface area contributed by atoms with Crippen molar-refractivity contribution in [1.82, 2.24) is 15.1 Å². The molecule has 0 bridgehead atoms. The predicted octanol–water partition coefficient (Wildman–Crippen LogP) is 4.18. The van der Waals surface area contributed by atoms with Gasteiger partial charge in [0, 0.05) is 64.0 Å². The van der Waals surface area contributed by atoms with Gasteiger partial charge in [0.15, 0.2) is 17.6 Å². The molecule has 1 saturated heterocycles. The first-order valence-corrected chi connectivity index (χ1v) is 15.8. The molecule has 43 heavy (non-hydrogen) atoms. The van der Waals surface area contributed by atoms with E-state index in [1.807, 2.05) is 23.1 Å². The second-order valence-corrected chi connectivity index (χ2v) is 12.3. The van der Waals surface area contributed by atoms with Crippen molar-refractivity contribution in [3.8, 4) is 17.2 Å². The van der Waals surface area contributed by atoms with Crippen molar-refractivity contribution in [3.63, 3.8) is 0 Å². The van der Waals surface area contributed by atoms with E-state index in [1.165, 1.54) is 5.56 Å². The van der Waals surface area contributed by atoms with Crippen LogP contribution in [0.25, 0.3) is 0 Å². The second kappa shape index (κ2) is 14.4. The topological polar surface area (TPSA) is 89.6 Å². The van der Waals surface area contributed by atoms with Gasteiger partial charge in [0.1, 0.15) is 5.75 Å². The Hall–Kier alpha value is -3.30. The number of para-hydroxylation sites is 1. The van der Waals surface area contributed by atoms with Crippen LogP contribution in [0.1, 0.15) is 55.5 Å². The van der Waals surface area contributed by atoms with Gasteiger partial charge in [-0.3, -0.25) is 9.59 Å². The molecule has 0 spiro atoms. The van der Waals surface area contributed by atoms with Crippen LogP contribution in [-0.4, -0.2) is 93.4 Å². The van der Waals surface area contributed by atoms with Crippen LogP contribution in [0, 0.1) is 11.8 Å². The Morgan fingerprint density at radius 3 is 2.47 bits per heavy atom. The Kier molecular flexibility index (Phi) is 10.5. The second-order valence-electron chi connectivity index (χ2n) is 12.3. The van der Waals surface area contributed by atoms with Crippen molar-refractivity contribution in [2.45, 2.75) is 64.1 Å². The first-order chi connectivity index (χ1) is 20.9. The molecule has 0 radical (unpaired) electrons. The maximum absolute atomic E-state index is 13.9. The monoisotopic (exact) mass is 593 g/mol. The largest absolute Gasteiger partial charge is 0.493 e. The Morgan fingerprint density at radius 1 is 0.977 bits per heavy atom. The molecule has 234 valence electrons. The zero-order valence-corrected chi connectivity index (χ0v) is 26.1. The number of aryl methyl sites for hydroxylation is 1. The summed E-state index contributed by atoms with van der Waals surface area (Å²) in [6.07, 6.45) is 3.97. The summed E-state index contributed by atoms with van der Waals surface area (Å²) in [7, 11) is 3.26. The Morgan fingerprint density at radius 2 is 1.74 bits per heavy atom. The summed E-state index contributed by atoms with van der Waals surface area (Å²) in [5, 5.41) is 3.55. The molecule has 1 unspecified atom stereocenters. The van der Waals surface area contributed by atoms with E-state index in [2.05, 4.69) is 30.1 Å². The maximum Gasteiger partial charge on any atom is 0.263 e. The minimum absolute atomic E-state index is 0.0128. The highest BCUT2D eigenvalue weighted by Crippen LogP contribution is 2.34. The Labute approximate surface area is 255 Å². The third-order valence-electron chi connectivity index (χ3n) is 8.85. The van der Waals surface area contributed by atoms with E-state index in [0.717, 1.165) is 44.5 Å².